The van der Waals surface area contributed by atoms with Crippen molar-refractivity contribution in [3.05, 3.63) is 182 Å². The molecule has 0 amide bonds. The van der Waals surface area contributed by atoms with Gasteiger partial charge in [0.1, 0.15) is 11.2 Å². The molecule has 1 heteroatoms. The highest BCUT2D eigenvalue weighted by molar-refractivity contribution is 6.25. The largest absolute Gasteiger partial charge is 0.456 e. The Morgan fingerprint density at radius 2 is 0.961 bits per heavy atom. The third-order valence-electron chi connectivity index (χ3n) is 9.76. The van der Waals surface area contributed by atoms with Gasteiger partial charge in [-0.15, -0.1) is 0 Å². The van der Waals surface area contributed by atoms with Crippen LogP contribution in [0.1, 0.15) is 20.6 Å². The topological polar surface area (TPSA) is 13.1 Å². The van der Waals surface area contributed by atoms with E-state index in [-0.39, 0.29) is 32.7 Å². The molecule has 51 heavy (non-hydrogen) atoms. The molecular weight excluding hydrogens is 617 g/mol. The van der Waals surface area contributed by atoms with Crippen molar-refractivity contribution in [3.63, 3.8) is 0 Å². The normalized spacial score (nSPS) is 16.0. The van der Waals surface area contributed by atoms with Gasteiger partial charge in [0.25, 0.3) is 0 Å². The second-order valence-electron chi connectivity index (χ2n) is 12.5. The second kappa shape index (κ2) is 10.9. The molecule has 1 heterocycles. The van der Waals surface area contributed by atoms with E-state index in [1.54, 1.807) is 12.1 Å². The lowest BCUT2D eigenvalue weighted by Crippen LogP contribution is -1.92. The van der Waals surface area contributed by atoms with Crippen molar-refractivity contribution in [3.8, 4) is 33.4 Å². The molecule has 0 aliphatic rings. The first-order valence-electron chi connectivity index (χ1n) is 23.9. The van der Waals surface area contributed by atoms with Crippen LogP contribution in [-0.4, -0.2) is 0 Å². The monoisotopic (exact) mass is 661 g/mol. The lowest BCUT2D eigenvalue weighted by Gasteiger charge is -2.20. The SMILES string of the molecule is [2H]c1c([2H])c([2H])c2c(-c3c4c([2H])c([2H])c([2H])c([2H])c4c(-c4cccc5ccc(-c6cccc7oc8cc9ccccc9cc8c67)cc45)c4c([2H])c([2H])c([2H])c([2H])c34)c([2H])c([2H])c([2H])c2c1[2H]. The van der Waals surface area contributed by atoms with E-state index in [1.165, 1.54) is 0 Å². The number of benzene rings is 10. The Morgan fingerprint density at radius 3 is 1.73 bits per heavy atom. The van der Waals surface area contributed by atoms with Crippen molar-refractivity contribution < 1.29 is 25.0 Å². The highest BCUT2D eigenvalue weighted by Gasteiger charge is 2.20. The first-order chi connectivity index (χ1) is 31.5. The molecule has 1 nitrogen and oxygen atoms in total. The number of hydrogen-bond acceptors (Lipinski definition) is 1. The minimum absolute atomic E-state index is 0.0323. The maximum absolute atomic E-state index is 9.56. The Hall–Kier alpha value is -6.70. The van der Waals surface area contributed by atoms with Crippen LogP contribution in [0.3, 0.4) is 0 Å². The fraction of sp³-hybridized carbons (Fsp3) is 0. The molecule has 0 spiro atoms. The Labute approximate surface area is 315 Å². The molecule has 0 radical (unpaired) electrons. The van der Waals surface area contributed by atoms with E-state index in [1.807, 2.05) is 72.8 Å². The van der Waals surface area contributed by atoms with Crippen molar-refractivity contribution in [2.45, 2.75) is 0 Å². The van der Waals surface area contributed by atoms with Crippen LogP contribution < -0.4 is 0 Å². The Kier molecular flexibility index (Phi) is 3.70. The van der Waals surface area contributed by atoms with Gasteiger partial charge in [0, 0.05) is 10.8 Å². The van der Waals surface area contributed by atoms with Gasteiger partial charge < -0.3 is 4.42 Å². The highest BCUT2D eigenvalue weighted by atomic mass is 16.3. The maximum atomic E-state index is 9.56. The summed E-state index contributed by atoms with van der Waals surface area (Å²) in [7, 11) is 0. The number of rotatable bonds is 3. The third kappa shape index (κ3) is 4.22. The van der Waals surface area contributed by atoms with Crippen molar-refractivity contribution in [1.82, 2.24) is 0 Å². The van der Waals surface area contributed by atoms with E-state index in [4.69, 9.17) is 18.1 Å². The molecule has 236 valence electrons. The average molecular weight is 662 g/mol. The fourth-order valence-corrected chi connectivity index (χ4v) is 7.55. The smallest absolute Gasteiger partial charge is 0.136 e. The van der Waals surface area contributed by atoms with Crippen LogP contribution in [-0.2, 0) is 0 Å². The quantitative estimate of drug-likeness (QED) is 0.172. The predicted molar refractivity (Wildman–Crippen MR) is 218 cm³/mol. The van der Waals surface area contributed by atoms with Crippen LogP contribution in [0, 0.1) is 0 Å². The summed E-state index contributed by atoms with van der Waals surface area (Å²) >= 11 is 0. The van der Waals surface area contributed by atoms with E-state index >= 15 is 0 Å². The minimum Gasteiger partial charge on any atom is -0.456 e. The molecule has 0 fully saturated rings. The summed E-state index contributed by atoms with van der Waals surface area (Å²) in [6.45, 7) is 0. The molecule has 0 bridgehead atoms. The summed E-state index contributed by atoms with van der Waals surface area (Å²) in [6, 6.07) is 18.7. The van der Waals surface area contributed by atoms with E-state index in [0.717, 1.165) is 32.7 Å². The molecule has 0 saturated heterocycles. The molecule has 0 N–H and O–H groups in total. The maximum Gasteiger partial charge on any atom is 0.136 e. The highest BCUT2D eigenvalue weighted by Crippen LogP contribution is 2.47. The molecule has 11 aromatic rings. The van der Waals surface area contributed by atoms with Crippen LogP contribution >= 0.6 is 0 Å². The summed E-state index contributed by atoms with van der Waals surface area (Å²) in [5.74, 6) is 0. The van der Waals surface area contributed by atoms with Gasteiger partial charge in [-0.3, -0.25) is 0 Å². The minimum atomic E-state index is -0.759. The summed E-state index contributed by atoms with van der Waals surface area (Å²) in [5, 5.41) is 3.25. The van der Waals surface area contributed by atoms with E-state index < -0.39 is 107 Å². The van der Waals surface area contributed by atoms with Gasteiger partial charge in [-0.2, -0.15) is 0 Å². The second-order valence-corrected chi connectivity index (χ2v) is 12.5. The van der Waals surface area contributed by atoms with Crippen molar-refractivity contribution in [1.29, 1.82) is 0 Å². The summed E-state index contributed by atoms with van der Waals surface area (Å²) < 4.78 is 142. The third-order valence-corrected chi connectivity index (χ3v) is 9.76. The van der Waals surface area contributed by atoms with Crippen molar-refractivity contribution in [2.24, 2.45) is 0 Å². The lowest BCUT2D eigenvalue weighted by atomic mass is 9.83. The number of hydrogen-bond donors (Lipinski definition) is 0. The van der Waals surface area contributed by atoms with E-state index in [9.17, 15) is 6.85 Å². The van der Waals surface area contributed by atoms with Gasteiger partial charge >= 0.3 is 0 Å². The molecule has 0 unspecified atom stereocenters. The zero-order valence-corrected chi connectivity index (χ0v) is 26.6. The van der Waals surface area contributed by atoms with Crippen LogP contribution in [0.5, 0.6) is 0 Å². The van der Waals surface area contributed by atoms with Crippen molar-refractivity contribution >= 4 is 75.8 Å². The van der Waals surface area contributed by atoms with E-state index in [0.29, 0.717) is 27.5 Å². The Bertz CT molecular complexity index is 3970. The number of fused-ring (bicyclic) bond motifs is 8. The lowest BCUT2D eigenvalue weighted by molar-refractivity contribution is 0.669. The van der Waals surface area contributed by atoms with Gasteiger partial charge in [-0.05, 0) is 112 Å². The van der Waals surface area contributed by atoms with Crippen LogP contribution in [0.15, 0.2) is 186 Å². The molecule has 10 aromatic carbocycles. The standard InChI is InChI=1S/C50H30O/c1-2-14-34-30-47-45(28-33(34)13-1)50-37(22-11-25-46(50)51-47)35-27-26-32-16-10-24-43(44(32)29-35)49-41-20-7-5-18-39(41)48(40-19-6-8-21-42(40)49)38-23-9-15-31-12-3-4-17-36(31)38/h1-30H/i3D,4D,5D,6D,7D,8D,9D,12D,15D,17D,18D,19D,20D,21D,23D. The Morgan fingerprint density at radius 1 is 0.353 bits per heavy atom. The first kappa shape index (κ1) is 17.3. The van der Waals surface area contributed by atoms with Crippen LogP contribution in [0.2, 0.25) is 0 Å². The summed E-state index contributed by atoms with van der Waals surface area (Å²) in [4.78, 5) is 0. The molecule has 0 aliphatic heterocycles. The zero-order chi connectivity index (χ0) is 46.5. The molecule has 0 saturated carbocycles. The fourth-order valence-electron chi connectivity index (χ4n) is 7.55. The van der Waals surface area contributed by atoms with Crippen molar-refractivity contribution in [2.75, 3.05) is 0 Å². The summed E-state index contributed by atoms with van der Waals surface area (Å²) in [5.41, 5.74) is 2.52. The summed E-state index contributed by atoms with van der Waals surface area (Å²) in [6.07, 6.45) is 0. The molecule has 0 atom stereocenters. The first-order valence-corrected chi connectivity index (χ1v) is 16.4. The number of furan rings is 1. The molecule has 0 aliphatic carbocycles. The van der Waals surface area contributed by atoms with E-state index in [2.05, 4.69) is 6.07 Å². The van der Waals surface area contributed by atoms with Gasteiger partial charge in [0.15, 0.2) is 0 Å². The average Bonchev–Trinajstić information content (AvgIpc) is 3.69. The van der Waals surface area contributed by atoms with Gasteiger partial charge in [-0.25, -0.2) is 0 Å². The van der Waals surface area contributed by atoms with Crippen LogP contribution in [0.25, 0.3) is 109 Å². The van der Waals surface area contributed by atoms with Gasteiger partial charge in [0.05, 0.1) is 20.6 Å². The molecule has 1 aromatic heterocycles. The molecule has 11 rings (SSSR count). The zero-order valence-electron chi connectivity index (χ0n) is 41.6. The van der Waals surface area contributed by atoms with Gasteiger partial charge in [0.2, 0.25) is 0 Å². The van der Waals surface area contributed by atoms with Gasteiger partial charge in [-0.1, -0.05) is 157 Å². The predicted octanol–water partition coefficient (Wildman–Crippen LogP) is 14.4. The Balaban J connectivity index is 1.34. The molecular formula is C50H30O. The van der Waals surface area contributed by atoms with Crippen LogP contribution in [0.4, 0.5) is 0 Å².